The number of carboxylic acid groups (broad SMARTS) is 1. The third-order valence-corrected chi connectivity index (χ3v) is 4.97. The van der Waals surface area contributed by atoms with Gasteiger partial charge in [0.2, 0.25) is 10.0 Å². The van der Waals surface area contributed by atoms with Crippen LogP contribution in [0.4, 0.5) is 0 Å². The van der Waals surface area contributed by atoms with E-state index in [9.17, 15) is 22.8 Å². The van der Waals surface area contributed by atoms with E-state index < -0.39 is 27.8 Å². The number of hydrogen-bond donors (Lipinski definition) is 1. The number of carbonyl (C=O) groups is 3. The van der Waals surface area contributed by atoms with Crippen LogP contribution in [-0.4, -0.2) is 79.1 Å². The quantitative estimate of drug-likeness (QED) is 0.377. The molecule has 0 unspecified atom stereocenters. The van der Waals surface area contributed by atoms with E-state index in [1.807, 2.05) is 0 Å². The SMILES string of the molecule is CCOCCS(=O)(=O)N(CCC(=O)O)CCN1C(=O)C=CC1=O. The first-order valence-electron chi connectivity index (χ1n) is 7.09. The Balaban J connectivity index is 2.69. The van der Waals surface area contributed by atoms with Gasteiger partial charge in [0.1, 0.15) is 0 Å². The molecule has 1 rings (SSSR count). The highest BCUT2D eigenvalue weighted by molar-refractivity contribution is 7.89. The molecule has 130 valence electrons. The number of nitrogens with zero attached hydrogens (tertiary/aromatic N) is 2. The molecule has 0 saturated heterocycles. The first-order chi connectivity index (χ1) is 10.8. The Morgan fingerprint density at radius 3 is 2.39 bits per heavy atom. The highest BCUT2D eigenvalue weighted by Crippen LogP contribution is 2.08. The van der Waals surface area contributed by atoms with Crippen molar-refractivity contribution in [3.63, 3.8) is 0 Å². The molecular formula is C13H20N2O7S. The second-order valence-corrected chi connectivity index (χ2v) is 6.81. The van der Waals surface area contributed by atoms with E-state index in [-0.39, 0.29) is 38.4 Å². The van der Waals surface area contributed by atoms with Crippen LogP contribution in [0.2, 0.25) is 0 Å². The van der Waals surface area contributed by atoms with E-state index in [0.29, 0.717) is 6.61 Å². The van der Waals surface area contributed by atoms with Gasteiger partial charge in [-0.05, 0) is 6.92 Å². The van der Waals surface area contributed by atoms with Crippen LogP contribution in [0.25, 0.3) is 0 Å². The summed E-state index contributed by atoms with van der Waals surface area (Å²) in [5, 5.41) is 8.73. The average Bonchev–Trinajstić information content (AvgIpc) is 2.78. The lowest BCUT2D eigenvalue weighted by molar-refractivity contribution is -0.138. The fourth-order valence-corrected chi connectivity index (χ4v) is 3.23. The van der Waals surface area contributed by atoms with Crippen LogP contribution in [0.3, 0.4) is 0 Å². The lowest BCUT2D eigenvalue weighted by Crippen LogP contribution is -2.43. The zero-order valence-electron chi connectivity index (χ0n) is 12.8. The van der Waals surface area contributed by atoms with Crippen molar-refractivity contribution in [3.05, 3.63) is 12.2 Å². The van der Waals surface area contributed by atoms with Crippen LogP contribution in [0, 0.1) is 0 Å². The van der Waals surface area contributed by atoms with Crippen LogP contribution in [-0.2, 0) is 29.1 Å². The maximum atomic E-state index is 12.2. The van der Waals surface area contributed by atoms with Gasteiger partial charge in [-0.25, -0.2) is 8.42 Å². The Labute approximate surface area is 134 Å². The number of carbonyl (C=O) groups excluding carboxylic acids is 2. The maximum Gasteiger partial charge on any atom is 0.304 e. The number of hydrogen-bond acceptors (Lipinski definition) is 6. The molecule has 9 nitrogen and oxygen atoms in total. The van der Waals surface area contributed by atoms with Crippen molar-refractivity contribution >= 4 is 27.8 Å². The van der Waals surface area contributed by atoms with Gasteiger partial charge in [-0.1, -0.05) is 0 Å². The molecule has 0 bridgehead atoms. The molecule has 1 N–H and O–H groups in total. The lowest BCUT2D eigenvalue weighted by Gasteiger charge is -2.23. The van der Waals surface area contributed by atoms with Gasteiger partial charge in [0, 0.05) is 38.4 Å². The molecule has 2 amide bonds. The van der Waals surface area contributed by atoms with E-state index in [1.54, 1.807) is 6.92 Å². The van der Waals surface area contributed by atoms with Gasteiger partial charge in [-0.15, -0.1) is 0 Å². The summed E-state index contributed by atoms with van der Waals surface area (Å²) in [5.74, 6) is -2.45. The van der Waals surface area contributed by atoms with Crippen molar-refractivity contribution in [1.82, 2.24) is 9.21 Å². The standard InChI is InChI=1S/C13H20N2O7S/c1-2-22-9-10-23(20,21)14(6-5-13(18)19)7-8-15-11(16)3-4-12(15)17/h3-4H,2,5-10H2,1H3,(H,18,19). The Hall–Kier alpha value is -1.78. The predicted octanol–water partition coefficient (Wildman–Crippen LogP) is -0.946. The Morgan fingerprint density at radius 2 is 1.87 bits per heavy atom. The number of imide groups is 1. The van der Waals surface area contributed by atoms with Crippen molar-refractivity contribution in [3.8, 4) is 0 Å². The molecule has 1 aliphatic heterocycles. The minimum atomic E-state index is -3.74. The van der Waals surface area contributed by atoms with E-state index in [1.165, 1.54) is 0 Å². The van der Waals surface area contributed by atoms with Crippen LogP contribution in [0.5, 0.6) is 0 Å². The lowest BCUT2D eigenvalue weighted by atomic mass is 10.4. The van der Waals surface area contributed by atoms with Crippen LogP contribution < -0.4 is 0 Å². The predicted molar refractivity (Wildman–Crippen MR) is 80.0 cm³/mol. The number of ether oxygens (including phenoxy) is 1. The minimum absolute atomic E-state index is 0.00840. The molecule has 0 spiro atoms. The monoisotopic (exact) mass is 348 g/mol. The van der Waals surface area contributed by atoms with E-state index in [0.717, 1.165) is 21.4 Å². The van der Waals surface area contributed by atoms with Crippen molar-refractivity contribution in [1.29, 1.82) is 0 Å². The molecule has 0 aliphatic carbocycles. The number of carboxylic acids is 1. The van der Waals surface area contributed by atoms with Crippen molar-refractivity contribution < 1.29 is 32.6 Å². The smallest absolute Gasteiger partial charge is 0.304 e. The van der Waals surface area contributed by atoms with Crippen molar-refractivity contribution in [2.45, 2.75) is 13.3 Å². The first-order valence-corrected chi connectivity index (χ1v) is 8.69. The van der Waals surface area contributed by atoms with Gasteiger partial charge in [0.05, 0.1) is 18.8 Å². The number of sulfonamides is 1. The highest BCUT2D eigenvalue weighted by Gasteiger charge is 2.27. The molecule has 0 radical (unpaired) electrons. The maximum absolute atomic E-state index is 12.2. The van der Waals surface area contributed by atoms with Crippen LogP contribution in [0.15, 0.2) is 12.2 Å². The zero-order valence-corrected chi connectivity index (χ0v) is 13.6. The summed E-state index contributed by atoms with van der Waals surface area (Å²) in [4.78, 5) is 34.5. The summed E-state index contributed by atoms with van der Waals surface area (Å²) in [6.07, 6.45) is 1.84. The van der Waals surface area contributed by atoms with Crippen LogP contribution >= 0.6 is 0 Å². The minimum Gasteiger partial charge on any atom is -0.481 e. The third-order valence-electron chi connectivity index (χ3n) is 3.13. The molecule has 0 atom stereocenters. The fourth-order valence-electron chi connectivity index (χ4n) is 1.91. The summed E-state index contributed by atoms with van der Waals surface area (Å²) in [5.41, 5.74) is 0. The molecule has 0 fully saturated rings. The number of amides is 2. The molecule has 1 heterocycles. The number of aliphatic carboxylic acids is 1. The van der Waals surface area contributed by atoms with E-state index in [4.69, 9.17) is 9.84 Å². The molecule has 0 aromatic heterocycles. The second kappa shape index (κ2) is 8.75. The van der Waals surface area contributed by atoms with E-state index >= 15 is 0 Å². The van der Waals surface area contributed by atoms with Gasteiger partial charge < -0.3 is 9.84 Å². The molecule has 0 saturated carbocycles. The first kappa shape index (κ1) is 19.3. The average molecular weight is 348 g/mol. The summed E-state index contributed by atoms with van der Waals surface area (Å²) < 4.78 is 30.4. The largest absolute Gasteiger partial charge is 0.481 e. The Bertz CT molecular complexity index is 567. The second-order valence-electron chi connectivity index (χ2n) is 4.72. The van der Waals surface area contributed by atoms with Gasteiger partial charge in [-0.2, -0.15) is 4.31 Å². The molecule has 1 aliphatic rings. The normalized spacial score (nSPS) is 15.0. The van der Waals surface area contributed by atoms with Crippen LogP contribution in [0.1, 0.15) is 13.3 Å². The number of rotatable bonds is 11. The van der Waals surface area contributed by atoms with Gasteiger partial charge >= 0.3 is 5.97 Å². The molecule has 23 heavy (non-hydrogen) atoms. The zero-order chi connectivity index (χ0) is 17.5. The Morgan fingerprint density at radius 1 is 1.26 bits per heavy atom. The Kier molecular flexibility index (Phi) is 7.33. The van der Waals surface area contributed by atoms with Crippen molar-refractivity contribution in [2.24, 2.45) is 0 Å². The molecule has 0 aromatic carbocycles. The molecular weight excluding hydrogens is 328 g/mol. The highest BCUT2D eigenvalue weighted by atomic mass is 32.2. The topological polar surface area (TPSA) is 121 Å². The summed E-state index contributed by atoms with van der Waals surface area (Å²) in [6, 6.07) is 0. The summed E-state index contributed by atoms with van der Waals surface area (Å²) >= 11 is 0. The van der Waals surface area contributed by atoms with Gasteiger partial charge in [0.15, 0.2) is 0 Å². The fraction of sp³-hybridized carbons (Fsp3) is 0.615. The van der Waals surface area contributed by atoms with E-state index in [2.05, 4.69) is 0 Å². The molecule has 10 heteroatoms. The molecule has 0 aromatic rings. The summed E-state index contributed by atoms with van der Waals surface area (Å²) in [6.45, 7) is 1.58. The summed E-state index contributed by atoms with van der Waals surface area (Å²) in [7, 11) is -3.74. The van der Waals surface area contributed by atoms with Gasteiger partial charge in [0.25, 0.3) is 11.8 Å². The van der Waals surface area contributed by atoms with Gasteiger partial charge in [-0.3, -0.25) is 19.3 Å². The van der Waals surface area contributed by atoms with Crippen molar-refractivity contribution in [2.75, 3.05) is 38.6 Å². The third kappa shape index (κ3) is 6.08.